The minimum Gasteiger partial charge on any atom is -0.310 e. The highest BCUT2D eigenvalue weighted by Gasteiger charge is 2.07. The van der Waals surface area contributed by atoms with E-state index >= 15 is 0 Å². The van der Waals surface area contributed by atoms with Crippen molar-refractivity contribution in [2.24, 2.45) is 13.0 Å². The van der Waals surface area contributed by atoms with Crippen molar-refractivity contribution >= 4 is 11.3 Å². The van der Waals surface area contributed by atoms with Crippen LogP contribution in [-0.2, 0) is 13.6 Å². The predicted molar refractivity (Wildman–Crippen MR) is 70.9 cm³/mol. The standard InChI is InChI=1S/C12H18N4S/c1-9(2)6-13-7-12-15-10(8-17-12)11-4-5-14-16(11)3/h4-5,8-9,13H,6-7H2,1-3H3. The number of nitrogens with zero attached hydrogens (tertiary/aromatic N) is 3. The van der Waals surface area contributed by atoms with Gasteiger partial charge in [-0.3, -0.25) is 4.68 Å². The zero-order chi connectivity index (χ0) is 12.3. The van der Waals surface area contributed by atoms with Gasteiger partial charge in [0.15, 0.2) is 0 Å². The summed E-state index contributed by atoms with van der Waals surface area (Å²) in [6.07, 6.45) is 1.80. The van der Waals surface area contributed by atoms with Gasteiger partial charge in [-0.15, -0.1) is 11.3 Å². The van der Waals surface area contributed by atoms with Gasteiger partial charge in [-0.05, 0) is 18.5 Å². The fraction of sp³-hybridized carbons (Fsp3) is 0.500. The Kier molecular flexibility index (Phi) is 3.91. The van der Waals surface area contributed by atoms with E-state index in [1.807, 2.05) is 17.8 Å². The monoisotopic (exact) mass is 250 g/mol. The molecule has 4 nitrogen and oxygen atoms in total. The molecule has 0 amide bonds. The molecule has 2 heterocycles. The second kappa shape index (κ2) is 5.42. The summed E-state index contributed by atoms with van der Waals surface area (Å²) in [5, 5.41) is 10.8. The van der Waals surface area contributed by atoms with Gasteiger partial charge in [0.05, 0.1) is 11.4 Å². The van der Waals surface area contributed by atoms with Crippen LogP contribution in [0.1, 0.15) is 18.9 Å². The maximum Gasteiger partial charge on any atom is 0.107 e. The first-order chi connectivity index (χ1) is 8.16. The van der Waals surface area contributed by atoms with Crippen LogP contribution in [0.5, 0.6) is 0 Å². The van der Waals surface area contributed by atoms with Crippen LogP contribution in [0.2, 0.25) is 0 Å². The molecule has 17 heavy (non-hydrogen) atoms. The average Bonchev–Trinajstić information content (AvgIpc) is 2.86. The normalized spacial score (nSPS) is 11.3. The maximum atomic E-state index is 4.61. The highest BCUT2D eigenvalue weighted by atomic mass is 32.1. The van der Waals surface area contributed by atoms with Gasteiger partial charge < -0.3 is 5.32 Å². The van der Waals surface area contributed by atoms with Crippen molar-refractivity contribution < 1.29 is 0 Å². The lowest BCUT2D eigenvalue weighted by molar-refractivity contribution is 0.551. The minimum absolute atomic E-state index is 0.673. The van der Waals surface area contributed by atoms with Gasteiger partial charge in [0, 0.05) is 25.2 Å². The SMILES string of the molecule is CC(C)CNCc1nc(-c2ccnn2C)cs1. The molecule has 0 bridgehead atoms. The third-order valence-corrected chi connectivity index (χ3v) is 3.31. The third kappa shape index (κ3) is 3.14. The van der Waals surface area contributed by atoms with E-state index in [1.54, 1.807) is 17.5 Å². The van der Waals surface area contributed by atoms with Crippen LogP contribution in [0.15, 0.2) is 17.6 Å². The number of hydrogen-bond acceptors (Lipinski definition) is 4. The molecule has 5 heteroatoms. The smallest absolute Gasteiger partial charge is 0.107 e. The molecule has 0 saturated carbocycles. The quantitative estimate of drug-likeness (QED) is 0.885. The van der Waals surface area contributed by atoms with Gasteiger partial charge in [-0.25, -0.2) is 4.98 Å². The number of hydrogen-bond donors (Lipinski definition) is 1. The van der Waals surface area contributed by atoms with Crippen LogP contribution in [0.25, 0.3) is 11.4 Å². The molecule has 0 aliphatic heterocycles. The molecule has 0 unspecified atom stereocenters. The van der Waals surface area contributed by atoms with Gasteiger partial charge in [0.1, 0.15) is 5.01 Å². The molecule has 0 aliphatic rings. The van der Waals surface area contributed by atoms with E-state index in [-0.39, 0.29) is 0 Å². The summed E-state index contributed by atoms with van der Waals surface area (Å²) < 4.78 is 1.85. The third-order valence-electron chi connectivity index (χ3n) is 2.46. The first-order valence-corrected chi connectivity index (χ1v) is 6.68. The Morgan fingerprint density at radius 2 is 2.29 bits per heavy atom. The lowest BCUT2D eigenvalue weighted by Gasteiger charge is -2.04. The Morgan fingerprint density at radius 3 is 2.94 bits per heavy atom. The predicted octanol–water partition coefficient (Wildman–Crippen LogP) is 2.29. The van der Waals surface area contributed by atoms with Crippen molar-refractivity contribution in [2.75, 3.05) is 6.54 Å². The first kappa shape index (κ1) is 12.3. The van der Waals surface area contributed by atoms with Crippen molar-refractivity contribution in [3.05, 3.63) is 22.7 Å². The molecule has 0 saturated heterocycles. The minimum atomic E-state index is 0.673. The summed E-state index contributed by atoms with van der Waals surface area (Å²) in [5.74, 6) is 0.673. The zero-order valence-corrected chi connectivity index (χ0v) is 11.3. The Hall–Kier alpha value is -1.20. The van der Waals surface area contributed by atoms with Gasteiger partial charge in [-0.1, -0.05) is 13.8 Å². The van der Waals surface area contributed by atoms with Crippen molar-refractivity contribution in [3.63, 3.8) is 0 Å². The molecule has 2 aromatic rings. The summed E-state index contributed by atoms with van der Waals surface area (Å²) >= 11 is 1.69. The molecule has 0 aliphatic carbocycles. The molecule has 0 radical (unpaired) electrons. The average molecular weight is 250 g/mol. The molecule has 0 atom stereocenters. The van der Waals surface area contributed by atoms with Gasteiger partial charge in [0.2, 0.25) is 0 Å². The fourth-order valence-electron chi connectivity index (χ4n) is 1.60. The molecule has 0 spiro atoms. The van der Waals surface area contributed by atoms with Crippen molar-refractivity contribution in [1.29, 1.82) is 0 Å². The van der Waals surface area contributed by atoms with Crippen molar-refractivity contribution in [1.82, 2.24) is 20.1 Å². The van der Waals surface area contributed by atoms with Crippen LogP contribution in [-0.4, -0.2) is 21.3 Å². The topological polar surface area (TPSA) is 42.7 Å². The van der Waals surface area contributed by atoms with Crippen LogP contribution in [0, 0.1) is 5.92 Å². The summed E-state index contributed by atoms with van der Waals surface area (Å²) in [4.78, 5) is 4.61. The largest absolute Gasteiger partial charge is 0.310 e. The molecule has 2 aromatic heterocycles. The van der Waals surface area contributed by atoms with Crippen molar-refractivity contribution in [3.8, 4) is 11.4 Å². The van der Waals surface area contributed by atoms with E-state index in [4.69, 9.17) is 0 Å². The van der Waals surface area contributed by atoms with E-state index in [0.717, 1.165) is 29.5 Å². The molecule has 2 rings (SSSR count). The molecule has 1 N–H and O–H groups in total. The zero-order valence-electron chi connectivity index (χ0n) is 10.5. The second-order valence-electron chi connectivity index (χ2n) is 4.49. The molecule has 0 aromatic carbocycles. The van der Waals surface area contributed by atoms with Crippen LogP contribution < -0.4 is 5.32 Å². The number of aryl methyl sites for hydroxylation is 1. The highest BCUT2D eigenvalue weighted by Crippen LogP contribution is 2.20. The Labute approximate surface area is 106 Å². The van der Waals surface area contributed by atoms with Crippen LogP contribution in [0.4, 0.5) is 0 Å². The van der Waals surface area contributed by atoms with E-state index in [9.17, 15) is 0 Å². The van der Waals surface area contributed by atoms with Crippen molar-refractivity contribution in [2.45, 2.75) is 20.4 Å². The number of aromatic nitrogens is 3. The van der Waals surface area contributed by atoms with E-state index in [2.05, 4.69) is 34.6 Å². The van der Waals surface area contributed by atoms with Gasteiger partial charge in [-0.2, -0.15) is 5.10 Å². The fourth-order valence-corrected chi connectivity index (χ4v) is 2.36. The maximum absolute atomic E-state index is 4.61. The highest BCUT2D eigenvalue weighted by molar-refractivity contribution is 7.09. The number of nitrogens with one attached hydrogen (secondary N) is 1. The van der Waals surface area contributed by atoms with E-state index in [0.29, 0.717) is 5.92 Å². The Bertz CT molecular complexity index is 472. The van der Waals surface area contributed by atoms with Crippen LogP contribution >= 0.6 is 11.3 Å². The molecule has 92 valence electrons. The molecular formula is C12H18N4S. The van der Waals surface area contributed by atoms with Gasteiger partial charge in [0.25, 0.3) is 0 Å². The number of thiazole rings is 1. The molecule has 0 fully saturated rings. The summed E-state index contributed by atoms with van der Waals surface area (Å²) in [6, 6.07) is 1.99. The number of rotatable bonds is 5. The van der Waals surface area contributed by atoms with E-state index < -0.39 is 0 Å². The summed E-state index contributed by atoms with van der Waals surface area (Å²) in [7, 11) is 1.94. The lowest BCUT2D eigenvalue weighted by Crippen LogP contribution is -2.18. The second-order valence-corrected chi connectivity index (χ2v) is 5.43. The van der Waals surface area contributed by atoms with Crippen LogP contribution in [0.3, 0.4) is 0 Å². The Morgan fingerprint density at radius 1 is 1.47 bits per heavy atom. The summed E-state index contributed by atoms with van der Waals surface area (Å²) in [6.45, 7) is 6.28. The Balaban J connectivity index is 1.99. The first-order valence-electron chi connectivity index (χ1n) is 5.80. The molecular weight excluding hydrogens is 232 g/mol. The lowest BCUT2D eigenvalue weighted by atomic mass is 10.2. The van der Waals surface area contributed by atoms with Gasteiger partial charge >= 0.3 is 0 Å². The summed E-state index contributed by atoms with van der Waals surface area (Å²) in [5.41, 5.74) is 2.08. The van der Waals surface area contributed by atoms with E-state index in [1.165, 1.54) is 0 Å².